The highest BCUT2D eigenvalue weighted by Gasteiger charge is 2.71. The number of halogens is 1. The first kappa shape index (κ1) is 17.3. The van der Waals surface area contributed by atoms with E-state index in [1.165, 1.54) is 0 Å². The van der Waals surface area contributed by atoms with E-state index in [2.05, 4.69) is 6.58 Å². The van der Waals surface area contributed by atoms with Gasteiger partial charge in [-0.05, 0) is 37.6 Å². The second-order valence-corrected chi connectivity index (χ2v) is 7.21. The lowest BCUT2D eigenvalue weighted by molar-refractivity contribution is -0.151. The van der Waals surface area contributed by atoms with Crippen LogP contribution in [0.25, 0.3) is 0 Å². The van der Waals surface area contributed by atoms with Crippen molar-refractivity contribution in [3.05, 3.63) is 54.1 Å². The Bertz CT molecular complexity index is 790. The molecule has 1 spiro atoms. The van der Waals surface area contributed by atoms with Crippen LogP contribution in [0.4, 0.5) is 5.69 Å². The molecule has 6 heteroatoms. The van der Waals surface area contributed by atoms with Crippen LogP contribution in [0.1, 0.15) is 13.3 Å². The number of rotatable bonds is 5. The molecule has 0 radical (unpaired) electrons. The molecule has 2 saturated heterocycles. The molecule has 0 aliphatic carbocycles. The van der Waals surface area contributed by atoms with Crippen LogP contribution < -0.4 is 4.90 Å². The number of hydrogen-bond donors (Lipinski definition) is 0. The van der Waals surface area contributed by atoms with Gasteiger partial charge in [-0.1, -0.05) is 29.8 Å². The third-order valence-electron chi connectivity index (χ3n) is 5.48. The molecule has 0 aromatic heterocycles. The Morgan fingerprint density at radius 3 is 2.81 bits per heavy atom. The molecule has 5 atom stereocenters. The molecular formula is C20H20ClNO4. The largest absolute Gasteiger partial charge is 0.466 e. The first-order valence-electron chi connectivity index (χ1n) is 8.77. The van der Waals surface area contributed by atoms with Crippen molar-refractivity contribution in [3.63, 3.8) is 0 Å². The summed E-state index contributed by atoms with van der Waals surface area (Å²) in [6.07, 6.45) is 5.74. The highest BCUT2D eigenvalue weighted by atomic mass is 35.5. The smallest absolute Gasteiger partial charge is 0.312 e. The predicted octanol–water partition coefficient (Wildman–Crippen LogP) is 3.13. The number of esters is 1. The van der Waals surface area contributed by atoms with Crippen LogP contribution in [0.3, 0.4) is 0 Å². The maximum absolute atomic E-state index is 13.4. The predicted molar refractivity (Wildman–Crippen MR) is 97.9 cm³/mol. The SMILES string of the molecule is C=CC[C@@H]1N(c2ccc(Cl)cc2)C(=O)[C@H]2[C@@H](C(=O)OCC)[C@H]3C=C[C@@]12O3. The van der Waals surface area contributed by atoms with Crippen molar-refractivity contribution in [1.82, 2.24) is 0 Å². The summed E-state index contributed by atoms with van der Waals surface area (Å²) in [5, 5.41) is 0.598. The van der Waals surface area contributed by atoms with Crippen LogP contribution in [0.5, 0.6) is 0 Å². The van der Waals surface area contributed by atoms with Crippen molar-refractivity contribution >= 4 is 29.2 Å². The highest BCUT2D eigenvalue weighted by Crippen LogP contribution is 2.56. The van der Waals surface area contributed by atoms with Crippen LogP contribution in [0, 0.1) is 11.8 Å². The van der Waals surface area contributed by atoms with Gasteiger partial charge in [-0.2, -0.15) is 0 Å². The van der Waals surface area contributed by atoms with E-state index in [4.69, 9.17) is 21.1 Å². The van der Waals surface area contributed by atoms with Crippen LogP contribution >= 0.6 is 11.6 Å². The normalized spacial score (nSPS) is 34.2. The maximum atomic E-state index is 13.4. The van der Waals surface area contributed by atoms with Crippen molar-refractivity contribution in [2.75, 3.05) is 11.5 Å². The molecule has 2 fully saturated rings. The minimum absolute atomic E-state index is 0.121. The summed E-state index contributed by atoms with van der Waals surface area (Å²) in [5.41, 5.74) is -0.0920. The summed E-state index contributed by atoms with van der Waals surface area (Å²) in [5.74, 6) is -1.70. The molecule has 2 bridgehead atoms. The highest BCUT2D eigenvalue weighted by molar-refractivity contribution is 6.30. The number of carbonyl (C=O) groups is 2. The molecule has 3 heterocycles. The number of carbonyl (C=O) groups excluding carboxylic acids is 2. The van der Waals surface area contributed by atoms with Crippen molar-refractivity contribution < 1.29 is 19.1 Å². The molecule has 26 heavy (non-hydrogen) atoms. The van der Waals surface area contributed by atoms with E-state index in [0.29, 0.717) is 11.4 Å². The van der Waals surface area contributed by atoms with Gasteiger partial charge in [-0.3, -0.25) is 9.59 Å². The third-order valence-corrected chi connectivity index (χ3v) is 5.73. The molecule has 0 N–H and O–H groups in total. The lowest BCUT2D eigenvalue weighted by Gasteiger charge is -2.32. The van der Waals surface area contributed by atoms with Crippen LogP contribution in [-0.2, 0) is 19.1 Å². The zero-order valence-corrected chi connectivity index (χ0v) is 15.2. The number of nitrogens with zero attached hydrogens (tertiary/aromatic N) is 1. The Morgan fingerprint density at radius 2 is 2.15 bits per heavy atom. The third kappa shape index (κ3) is 2.27. The fraction of sp³-hybridized carbons (Fsp3) is 0.400. The average molecular weight is 374 g/mol. The van der Waals surface area contributed by atoms with E-state index in [1.807, 2.05) is 24.3 Å². The molecule has 1 aromatic rings. The first-order valence-corrected chi connectivity index (χ1v) is 9.14. The van der Waals surface area contributed by atoms with Gasteiger partial charge in [-0.15, -0.1) is 6.58 Å². The number of benzene rings is 1. The molecular weight excluding hydrogens is 354 g/mol. The second-order valence-electron chi connectivity index (χ2n) is 6.78. The van der Waals surface area contributed by atoms with Gasteiger partial charge < -0.3 is 14.4 Å². The van der Waals surface area contributed by atoms with E-state index in [-0.39, 0.29) is 24.5 Å². The molecule has 3 aliphatic heterocycles. The second kappa shape index (κ2) is 6.25. The summed E-state index contributed by atoms with van der Waals surface area (Å²) in [6.45, 7) is 5.87. The van der Waals surface area contributed by atoms with E-state index >= 15 is 0 Å². The Kier molecular flexibility index (Phi) is 4.16. The standard InChI is InChI=1S/C20H20ClNO4/c1-3-5-15-20-11-10-14(26-20)16(19(24)25-4-2)17(20)18(23)22(15)13-8-6-12(21)7-9-13/h3,6-11,14-17H,1,4-5H2,2H3/t14-,15+,16+,17-,20-/m1/s1. The van der Waals surface area contributed by atoms with Crippen LogP contribution in [0.15, 0.2) is 49.1 Å². The van der Waals surface area contributed by atoms with Crippen LogP contribution in [0.2, 0.25) is 5.02 Å². The number of hydrogen-bond acceptors (Lipinski definition) is 4. The molecule has 1 amide bonds. The van der Waals surface area contributed by atoms with Gasteiger partial charge in [0.2, 0.25) is 5.91 Å². The fourth-order valence-corrected chi connectivity index (χ4v) is 4.64. The van der Waals surface area contributed by atoms with E-state index < -0.39 is 23.5 Å². The van der Waals surface area contributed by atoms with E-state index in [9.17, 15) is 9.59 Å². The number of anilines is 1. The molecule has 136 valence electrons. The lowest BCUT2D eigenvalue weighted by atomic mass is 9.74. The number of ether oxygens (including phenoxy) is 2. The number of amides is 1. The fourth-order valence-electron chi connectivity index (χ4n) is 4.51. The van der Waals surface area contributed by atoms with Crippen molar-refractivity contribution in [3.8, 4) is 0 Å². The quantitative estimate of drug-likeness (QED) is 0.587. The van der Waals surface area contributed by atoms with Gasteiger partial charge in [0.05, 0.1) is 24.7 Å². The Hall–Kier alpha value is -2.11. The van der Waals surface area contributed by atoms with Crippen molar-refractivity contribution in [1.29, 1.82) is 0 Å². The lowest BCUT2D eigenvalue weighted by Crippen LogP contribution is -2.45. The molecule has 0 unspecified atom stereocenters. The van der Waals surface area contributed by atoms with Gasteiger partial charge >= 0.3 is 5.97 Å². The molecule has 3 aliphatic rings. The Balaban J connectivity index is 1.78. The van der Waals surface area contributed by atoms with Gasteiger partial charge in [-0.25, -0.2) is 0 Å². The molecule has 4 rings (SSSR count). The Labute approximate surface area is 157 Å². The van der Waals surface area contributed by atoms with Crippen LogP contribution in [-0.4, -0.2) is 36.2 Å². The molecule has 1 aromatic carbocycles. The Morgan fingerprint density at radius 1 is 1.42 bits per heavy atom. The van der Waals surface area contributed by atoms with Gasteiger partial charge in [0, 0.05) is 10.7 Å². The zero-order chi connectivity index (χ0) is 18.5. The van der Waals surface area contributed by atoms with Gasteiger partial charge in [0.1, 0.15) is 11.5 Å². The summed E-state index contributed by atoms with van der Waals surface area (Å²) >= 11 is 5.99. The van der Waals surface area contributed by atoms with E-state index in [1.54, 1.807) is 30.0 Å². The van der Waals surface area contributed by atoms with Gasteiger partial charge in [0.25, 0.3) is 0 Å². The minimum Gasteiger partial charge on any atom is -0.466 e. The average Bonchev–Trinajstić information content (AvgIpc) is 3.26. The first-order chi connectivity index (χ1) is 12.5. The summed E-state index contributed by atoms with van der Waals surface area (Å²) in [6, 6.07) is 6.85. The van der Waals surface area contributed by atoms with Crippen molar-refractivity contribution in [2.45, 2.75) is 31.1 Å². The topological polar surface area (TPSA) is 55.8 Å². The van der Waals surface area contributed by atoms with Gasteiger partial charge in [0.15, 0.2) is 0 Å². The van der Waals surface area contributed by atoms with Crippen molar-refractivity contribution in [2.24, 2.45) is 11.8 Å². The van der Waals surface area contributed by atoms with E-state index in [0.717, 1.165) is 5.69 Å². The summed E-state index contributed by atoms with van der Waals surface area (Å²) < 4.78 is 11.4. The minimum atomic E-state index is -0.826. The summed E-state index contributed by atoms with van der Waals surface area (Å²) in [7, 11) is 0. The number of fused-ring (bicyclic) bond motifs is 1. The molecule has 5 nitrogen and oxygen atoms in total. The summed E-state index contributed by atoms with van der Waals surface area (Å²) in [4.78, 5) is 27.6. The zero-order valence-electron chi connectivity index (χ0n) is 14.4. The maximum Gasteiger partial charge on any atom is 0.312 e. The molecule has 0 saturated carbocycles. The monoisotopic (exact) mass is 373 g/mol.